The van der Waals surface area contributed by atoms with E-state index < -0.39 is 0 Å². The summed E-state index contributed by atoms with van der Waals surface area (Å²) in [6.07, 6.45) is 1.82. The third-order valence-electron chi connectivity index (χ3n) is 2.86. The Balaban J connectivity index is 2.04. The minimum Gasteiger partial charge on any atom is -0.497 e. The molecule has 2 aromatic rings. The highest BCUT2D eigenvalue weighted by Crippen LogP contribution is 2.24. The van der Waals surface area contributed by atoms with Crippen LogP contribution in [0, 0.1) is 0 Å². The zero-order valence-electron chi connectivity index (χ0n) is 11.9. The van der Waals surface area contributed by atoms with Crippen LogP contribution < -0.4 is 15.2 Å². The molecular formula is C14H19N3O2S. The van der Waals surface area contributed by atoms with E-state index in [1.807, 2.05) is 24.4 Å². The van der Waals surface area contributed by atoms with Crippen LogP contribution in [0.1, 0.15) is 10.4 Å². The lowest BCUT2D eigenvalue weighted by atomic mass is 10.2. The number of aromatic nitrogens is 1. The lowest BCUT2D eigenvalue weighted by molar-refractivity contribution is 0.319. The van der Waals surface area contributed by atoms with E-state index >= 15 is 0 Å². The molecule has 0 spiro atoms. The molecule has 0 bridgehead atoms. The molecule has 0 atom stereocenters. The first kappa shape index (κ1) is 14.6. The minimum absolute atomic E-state index is 0.608. The van der Waals surface area contributed by atoms with Crippen molar-refractivity contribution in [1.82, 2.24) is 9.88 Å². The Morgan fingerprint density at radius 3 is 2.30 bits per heavy atom. The van der Waals surface area contributed by atoms with Crippen LogP contribution in [0.25, 0.3) is 0 Å². The molecule has 0 aliphatic rings. The molecule has 0 aliphatic carbocycles. The summed E-state index contributed by atoms with van der Waals surface area (Å²) in [7, 11) is 5.37. The molecule has 108 valence electrons. The predicted molar refractivity (Wildman–Crippen MR) is 81.2 cm³/mol. The van der Waals surface area contributed by atoms with Crippen molar-refractivity contribution in [2.45, 2.75) is 13.1 Å². The van der Waals surface area contributed by atoms with Gasteiger partial charge < -0.3 is 15.2 Å². The van der Waals surface area contributed by atoms with Crippen LogP contribution in [0.5, 0.6) is 11.5 Å². The van der Waals surface area contributed by atoms with E-state index in [1.54, 1.807) is 14.2 Å². The molecule has 2 rings (SSSR count). The molecule has 0 aliphatic heterocycles. The van der Waals surface area contributed by atoms with E-state index in [0.29, 0.717) is 5.13 Å². The Labute approximate surface area is 123 Å². The van der Waals surface area contributed by atoms with Crippen LogP contribution >= 0.6 is 11.3 Å². The first-order valence-corrected chi connectivity index (χ1v) is 7.03. The fourth-order valence-electron chi connectivity index (χ4n) is 1.99. The van der Waals surface area contributed by atoms with Gasteiger partial charge in [0, 0.05) is 30.2 Å². The molecule has 2 N–H and O–H groups in total. The van der Waals surface area contributed by atoms with Crippen molar-refractivity contribution >= 4 is 16.5 Å². The molecule has 0 radical (unpaired) electrons. The van der Waals surface area contributed by atoms with E-state index in [0.717, 1.165) is 35.0 Å². The first-order valence-electron chi connectivity index (χ1n) is 6.21. The summed E-state index contributed by atoms with van der Waals surface area (Å²) in [6, 6.07) is 5.90. The van der Waals surface area contributed by atoms with E-state index in [4.69, 9.17) is 15.2 Å². The van der Waals surface area contributed by atoms with Crippen LogP contribution in [-0.4, -0.2) is 31.2 Å². The van der Waals surface area contributed by atoms with Crippen LogP contribution in [0.2, 0.25) is 0 Å². The van der Waals surface area contributed by atoms with Crippen molar-refractivity contribution in [3.63, 3.8) is 0 Å². The lowest BCUT2D eigenvalue weighted by Crippen LogP contribution is -2.16. The highest BCUT2D eigenvalue weighted by molar-refractivity contribution is 7.15. The standard InChI is InChI=1S/C14H19N3O2S/c1-17(9-13-7-16-14(15)20-13)8-10-4-11(18-2)6-12(5-10)19-3/h4-7H,8-9H2,1-3H3,(H2,15,16). The number of ether oxygens (including phenoxy) is 2. The zero-order valence-corrected chi connectivity index (χ0v) is 12.7. The van der Waals surface area contributed by atoms with Gasteiger partial charge in [0.25, 0.3) is 0 Å². The Kier molecular flexibility index (Phi) is 4.81. The van der Waals surface area contributed by atoms with Crippen molar-refractivity contribution in [3.05, 3.63) is 34.8 Å². The minimum atomic E-state index is 0.608. The fourth-order valence-corrected chi connectivity index (χ4v) is 2.75. The summed E-state index contributed by atoms with van der Waals surface area (Å²) >= 11 is 1.52. The van der Waals surface area contributed by atoms with Gasteiger partial charge in [0.1, 0.15) is 11.5 Å². The Morgan fingerprint density at radius 1 is 1.15 bits per heavy atom. The second-order valence-corrected chi connectivity index (χ2v) is 5.70. The van der Waals surface area contributed by atoms with Crippen LogP contribution in [0.15, 0.2) is 24.4 Å². The smallest absolute Gasteiger partial charge is 0.180 e. The maximum atomic E-state index is 5.64. The molecule has 5 nitrogen and oxygen atoms in total. The largest absolute Gasteiger partial charge is 0.497 e. The van der Waals surface area contributed by atoms with Gasteiger partial charge in [-0.15, -0.1) is 11.3 Å². The summed E-state index contributed by atoms with van der Waals surface area (Å²) in [5.41, 5.74) is 6.78. The number of nitrogens with two attached hydrogens (primary N) is 1. The summed E-state index contributed by atoms with van der Waals surface area (Å²) < 4.78 is 10.6. The van der Waals surface area contributed by atoms with Gasteiger partial charge in [-0.1, -0.05) is 0 Å². The molecule has 0 fully saturated rings. The van der Waals surface area contributed by atoms with Crippen molar-refractivity contribution in [2.75, 3.05) is 27.0 Å². The number of methoxy groups -OCH3 is 2. The second kappa shape index (κ2) is 6.58. The topological polar surface area (TPSA) is 60.6 Å². The highest BCUT2D eigenvalue weighted by Gasteiger charge is 2.07. The molecule has 20 heavy (non-hydrogen) atoms. The fraction of sp³-hybridized carbons (Fsp3) is 0.357. The number of rotatable bonds is 6. The van der Waals surface area contributed by atoms with Gasteiger partial charge in [-0.2, -0.15) is 0 Å². The van der Waals surface area contributed by atoms with Crippen molar-refractivity contribution in [3.8, 4) is 11.5 Å². The second-order valence-electron chi connectivity index (χ2n) is 4.56. The molecule has 0 unspecified atom stereocenters. The lowest BCUT2D eigenvalue weighted by Gasteiger charge is -2.16. The number of anilines is 1. The Morgan fingerprint density at radius 2 is 1.80 bits per heavy atom. The SMILES string of the molecule is COc1cc(CN(C)Cc2cnc(N)s2)cc(OC)c1. The van der Waals surface area contributed by atoms with Gasteiger partial charge in [0.15, 0.2) is 5.13 Å². The average molecular weight is 293 g/mol. The van der Waals surface area contributed by atoms with Gasteiger partial charge in [0.05, 0.1) is 14.2 Å². The van der Waals surface area contributed by atoms with Crippen LogP contribution in [0.4, 0.5) is 5.13 Å². The first-order chi connectivity index (χ1) is 9.60. The quantitative estimate of drug-likeness (QED) is 0.886. The molecule has 1 aromatic heterocycles. The monoisotopic (exact) mass is 293 g/mol. The molecule has 0 amide bonds. The number of nitrogen functional groups attached to an aromatic ring is 1. The molecule has 6 heteroatoms. The maximum absolute atomic E-state index is 5.64. The zero-order chi connectivity index (χ0) is 14.5. The predicted octanol–water partition coefficient (Wildman–Crippen LogP) is 2.37. The number of thiazole rings is 1. The Hall–Kier alpha value is -1.79. The number of hydrogen-bond donors (Lipinski definition) is 1. The number of nitrogens with zero attached hydrogens (tertiary/aromatic N) is 2. The summed E-state index contributed by atoms with van der Waals surface area (Å²) in [4.78, 5) is 7.41. The molecule has 0 saturated heterocycles. The summed E-state index contributed by atoms with van der Waals surface area (Å²) in [5, 5.41) is 0.608. The third kappa shape index (κ3) is 3.85. The Bertz CT molecular complexity index is 549. The highest BCUT2D eigenvalue weighted by atomic mass is 32.1. The van der Waals surface area contributed by atoms with Crippen molar-refractivity contribution in [1.29, 1.82) is 0 Å². The van der Waals surface area contributed by atoms with Crippen molar-refractivity contribution < 1.29 is 9.47 Å². The van der Waals surface area contributed by atoms with Gasteiger partial charge in [-0.05, 0) is 24.7 Å². The summed E-state index contributed by atoms with van der Waals surface area (Å²) in [5.74, 6) is 1.60. The number of benzene rings is 1. The molecule has 1 aromatic carbocycles. The molecular weight excluding hydrogens is 274 g/mol. The average Bonchev–Trinajstić information content (AvgIpc) is 2.83. The van der Waals surface area contributed by atoms with E-state index in [1.165, 1.54) is 11.3 Å². The van der Waals surface area contributed by atoms with E-state index in [9.17, 15) is 0 Å². The van der Waals surface area contributed by atoms with Crippen LogP contribution in [0.3, 0.4) is 0 Å². The molecule has 0 saturated carbocycles. The maximum Gasteiger partial charge on any atom is 0.180 e. The number of hydrogen-bond acceptors (Lipinski definition) is 6. The third-order valence-corrected chi connectivity index (χ3v) is 3.67. The van der Waals surface area contributed by atoms with E-state index in [2.05, 4.69) is 16.9 Å². The van der Waals surface area contributed by atoms with Gasteiger partial charge in [-0.25, -0.2) is 4.98 Å². The van der Waals surface area contributed by atoms with Gasteiger partial charge >= 0.3 is 0 Å². The van der Waals surface area contributed by atoms with Crippen LogP contribution in [-0.2, 0) is 13.1 Å². The summed E-state index contributed by atoms with van der Waals surface area (Å²) in [6.45, 7) is 1.61. The van der Waals surface area contributed by atoms with E-state index in [-0.39, 0.29) is 0 Å². The molecule has 1 heterocycles. The van der Waals surface area contributed by atoms with Gasteiger partial charge in [-0.3, -0.25) is 4.90 Å². The van der Waals surface area contributed by atoms with Crippen molar-refractivity contribution in [2.24, 2.45) is 0 Å². The normalized spacial score (nSPS) is 10.8. The van der Waals surface area contributed by atoms with Gasteiger partial charge in [0.2, 0.25) is 0 Å².